The van der Waals surface area contributed by atoms with Crippen molar-refractivity contribution in [1.82, 2.24) is 10.2 Å². The number of ether oxygens (including phenoxy) is 1. The zero-order valence-corrected chi connectivity index (χ0v) is 19.3. The van der Waals surface area contributed by atoms with Gasteiger partial charge in [0.05, 0.1) is 22.9 Å². The van der Waals surface area contributed by atoms with Gasteiger partial charge in [-0.15, -0.1) is 0 Å². The molecule has 1 amide bonds. The van der Waals surface area contributed by atoms with E-state index in [2.05, 4.69) is 30.1 Å². The average Bonchev–Trinajstić information content (AvgIpc) is 2.71. The van der Waals surface area contributed by atoms with Gasteiger partial charge >= 0.3 is 0 Å². The highest BCUT2D eigenvalue weighted by molar-refractivity contribution is 7.91. The van der Waals surface area contributed by atoms with Crippen molar-refractivity contribution in [2.45, 2.75) is 57.4 Å². The predicted molar refractivity (Wildman–Crippen MR) is 121 cm³/mol. The van der Waals surface area contributed by atoms with Gasteiger partial charge in [0.25, 0.3) is 0 Å². The van der Waals surface area contributed by atoms with Gasteiger partial charge in [-0.2, -0.15) is 0 Å². The van der Waals surface area contributed by atoms with Crippen LogP contribution in [0.15, 0.2) is 53.4 Å². The lowest BCUT2D eigenvalue weighted by Crippen LogP contribution is -2.45. The third-order valence-corrected chi connectivity index (χ3v) is 7.19. The van der Waals surface area contributed by atoms with Crippen molar-refractivity contribution in [2.75, 3.05) is 18.8 Å². The number of carbonyl (C=O) groups excluding carboxylic acids is 1. The second-order valence-corrected chi connectivity index (χ2v) is 10.5. The van der Waals surface area contributed by atoms with Crippen LogP contribution in [0.1, 0.15) is 37.0 Å². The zero-order chi connectivity index (χ0) is 22.4. The van der Waals surface area contributed by atoms with Crippen molar-refractivity contribution >= 4 is 15.7 Å². The highest BCUT2D eigenvalue weighted by Crippen LogP contribution is 2.17. The molecule has 1 saturated heterocycles. The van der Waals surface area contributed by atoms with Crippen LogP contribution in [0.3, 0.4) is 0 Å². The molecule has 0 spiro atoms. The third-order valence-electron chi connectivity index (χ3n) is 5.46. The van der Waals surface area contributed by atoms with Crippen molar-refractivity contribution in [3.63, 3.8) is 0 Å². The maximum atomic E-state index is 12.5. The normalized spacial score (nSPS) is 19.8. The summed E-state index contributed by atoms with van der Waals surface area (Å²) in [4.78, 5) is 15.0. The number of benzene rings is 2. The van der Waals surface area contributed by atoms with Crippen LogP contribution in [0.5, 0.6) is 0 Å². The van der Waals surface area contributed by atoms with Crippen molar-refractivity contribution < 1.29 is 17.9 Å². The van der Waals surface area contributed by atoms with E-state index in [1.54, 1.807) is 24.3 Å². The first-order valence-corrected chi connectivity index (χ1v) is 12.4. The Hall–Kier alpha value is -2.22. The van der Waals surface area contributed by atoms with Gasteiger partial charge in [-0.3, -0.25) is 9.69 Å². The molecule has 2 aromatic carbocycles. The van der Waals surface area contributed by atoms with E-state index in [0.717, 1.165) is 36.3 Å². The second-order valence-electron chi connectivity index (χ2n) is 8.38. The smallest absolute Gasteiger partial charge is 0.221 e. The van der Waals surface area contributed by atoms with Crippen LogP contribution in [-0.4, -0.2) is 50.3 Å². The van der Waals surface area contributed by atoms with E-state index in [4.69, 9.17) is 4.74 Å². The zero-order valence-electron chi connectivity index (χ0n) is 18.5. The molecule has 0 aliphatic carbocycles. The van der Waals surface area contributed by atoms with Gasteiger partial charge < -0.3 is 10.1 Å². The monoisotopic (exact) mass is 444 g/mol. The van der Waals surface area contributed by atoms with Gasteiger partial charge in [0.1, 0.15) is 0 Å². The topological polar surface area (TPSA) is 75.7 Å². The molecule has 2 unspecified atom stereocenters. The number of aryl methyl sites for hydroxylation is 1. The first-order valence-electron chi connectivity index (χ1n) is 10.7. The van der Waals surface area contributed by atoms with E-state index in [9.17, 15) is 13.2 Å². The summed E-state index contributed by atoms with van der Waals surface area (Å²) in [7, 11) is -3.47. The highest BCUT2D eigenvalue weighted by Gasteiger charge is 2.23. The SMILES string of the molecule is Cc1ccc(S(=O)(=O)CCC(=O)NCc2ccccc2CN2CC(C)OC(C)C2)cc1. The highest BCUT2D eigenvalue weighted by atomic mass is 32.2. The van der Waals surface area contributed by atoms with Gasteiger partial charge in [0, 0.05) is 32.6 Å². The maximum absolute atomic E-state index is 12.5. The summed E-state index contributed by atoms with van der Waals surface area (Å²) in [5.41, 5.74) is 3.21. The number of amides is 1. The molecule has 7 heteroatoms. The van der Waals surface area contributed by atoms with Crippen molar-refractivity contribution in [3.05, 3.63) is 65.2 Å². The van der Waals surface area contributed by atoms with E-state index < -0.39 is 9.84 Å². The van der Waals surface area contributed by atoms with Gasteiger partial charge in [-0.25, -0.2) is 8.42 Å². The molecule has 0 bridgehead atoms. The number of nitrogens with zero attached hydrogens (tertiary/aromatic N) is 1. The summed E-state index contributed by atoms with van der Waals surface area (Å²) in [5.74, 6) is -0.466. The Morgan fingerprint density at radius 1 is 1.03 bits per heavy atom. The van der Waals surface area contributed by atoms with Crippen LogP contribution in [0.25, 0.3) is 0 Å². The molecule has 2 aromatic rings. The Morgan fingerprint density at radius 2 is 1.65 bits per heavy atom. The first kappa shape index (κ1) is 23.4. The molecule has 6 nitrogen and oxygen atoms in total. The minimum atomic E-state index is -3.47. The lowest BCUT2D eigenvalue weighted by molar-refractivity contribution is -0.120. The Morgan fingerprint density at radius 3 is 2.29 bits per heavy atom. The Labute approximate surface area is 185 Å². The van der Waals surface area contributed by atoms with Gasteiger partial charge in [-0.05, 0) is 44.0 Å². The minimum absolute atomic E-state index is 0.0587. The average molecular weight is 445 g/mol. The van der Waals surface area contributed by atoms with Crippen LogP contribution in [0.4, 0.5) is 0 Å². The quantitative estimate of drug-likeness (QED) is 0.677. The second kappa shape index (κ2) is 10.4. The molecule has 0 radical (unpaired) electrons. The number of carbonyl (C=O) groups is 1. The Bertz CT molecular complexity index is 979. The van der Waals surface area contributed by atoms with E-state index in [-0.39, 0.29) is 35.2 Å². The molecule has 1 N–H and O–H groups in total. The van der Waals surface area contributed by atoms with Gasteiger partial charge in [0.2, 0.25) is 5.91 Å². The lowest BCUT2D eigenvalue weighted by atomic mass is 10.1. The molecule has 2 atom stereocenters. The molecule has 31 heavy (non-hydrogen) atoms. The molecular weight excluding hydrogens is 412 g/mol. The van der Waals surface area contributed by atoms with E-state index in [1.807, 2.05) is 25.1 Å². The number of sulfone groups is 1. The van der Waals surface area contributed by atoms with Crippen LogP contribution in [0.2, 0.25) is 0 Å². The summed E-state index contributed by atoms with van der Waals surface area (Å²) in [6.07, 6.45) is 0.342. The summed E-state index contributed by atoms with van der Waals surface area (Å²) >= 11 is 0. The predicted octanol–water partition coefficient (Wildman–Crippen LogP) is 3.08. The molecule has 0 saturated carbocycles. The maximum Gasteiger partial charge on any atom is 0.221 e. The molecular formula is C24H32N2O4S. The van der Waals surface area contributed by atoms with Crippen molar-refractivity contribution in [3.8, 4) is 0 Å². The number of rotatable bonds is 8. The fourth-order valence-electron chi connectivity index (χ4n) is 3.91. The number of hydrogen-bond donors (Lipinski definition) is 1. The molecule has 3 rings (SSSR count). The number of nitrogens with one attached hydrogen (secondary N) is 1. The molecule has 1 heterocycles. The van der Waals surface area contributed by atoms with Crippen LogP contribution < -0.4 is 5.32 Å². The minimum Gasteiger partial charge on any atom is -0.373 e. The molecule has 1 aliphatic rings. The lowest BCUT2D eigenvalue weighted by Gasteiger charge is -2.35. The van der Waals surface area contributed by atoms with Gasteiger partial charge in [-0.1, -0.05) is 42.0 Å². The molecule has 1 fully saturated rings. The summed E-state index contributed by atoms with van der Waals surface area (Å²) in [6.45, 7) is 9.01. The number of morpholine rings is 1. The molecule has 168 valence electrons. The fraction of sp³-hybridized carbons (Fsp3) is 0.458. The van der Waals surface area contributed by atoms with Gasteiger partial charge in [0.15, 0.2) is 9.84 Å². The van der Waals surface area contributed by atoms with Crippen molar-refractivity contribution in [1.29, 1.82) is 0 Å². The van der Waals surface area contributed by atoms with E-state index in [1.165, 1.54) is 0 Å². The largest absolute Gasteiger partial charge is 0.373 e. The Kier molecular flexibility index (Phi) is 7.86. The first-order chi connectivity index (χ1) is 14.7. The van der Waals surface area contributed by atoms with Crippen molar-refractivity contribution in [2.24, 2.45) is 0 Å². The standard InChI is InChI=1S/C24H32N2O4S/c1-18-8-10-23(11-9-18)31(28,29)13-12-24(27)25-14-21-6-4-5-7-22(21)17-26-15-19(2)30-20(3)16-26/h4-11,19-20H,12-17H2,1-3H3,(H,25,27). The fourth-order valence-corrected chi connectivity index (χ4v) is 5.15. The van der Waals surface area contributed by atoms with Crippen LogP contribution >= 0.6 is 0 Å². The van der Waals surface area contributed by atoms with Crippen LogP contribution in [0, 0.1) is 6.92 Å². The summed E-state index contributed by atoms with van der Waals surface area (Å²) in [6, 6.07) is 14.7. The summed E-state index contributed by atoms with van der Waals surface area (Å²) in [5, 5.41) is 2.88. The Balaban J connectivity index is 1.54. The molecule has 0 aromatic heterocycles. The molecule has 1 aliphatic heterocycles. The third kappa shape index (κ3) is 6.89. The van der Waals surface area contributed by atoms with Crippen LogP contribution in [-0.2, 0) is 32.5 Å². The summed E-state index contributed by atoms with van der Waals surface area (Å²) < 4.78 is 30.7. The number of hydrogen-bond acceptors (Lipinski definition) is 5. The van der Waals surface area contributed by atoms with E-state index in [0.29, 0.717) is 6.54 Å². The van der Waals surface area contributed by atoms with E-state index >= 15 is 0 Å².